The molecule has 2 aliphatic rings. The van der Waals surface area contributed by atoms with Crippen LogP contribution in [0.25, 0.3) is 11.0 Å². The molecule has 176 valence electrons. The van der Waals surface area contributed by atoms with Crippen molar-refractivity contribution in [3.8, 4) is 0 Å². The van der Waals surface area contributed by atoms with E-state index in [1.807, 2.05) is 30.5 Å². The third-order valence-corrected chi connectivity index (χ3v) is 8.82. The van der Waals surface area contributed by atoms with Gasteiger partial charge in [0.1, 0.15) is 17.8 Å². The lowest BCUT2D eigenvalue weighted by Crippen LogP contribution is -2.60. The van der Waals surface area contributed by atoms with E-state index < -0.39 is 10.2 Å². The Bertz CT molecular complexity index is 1210. The number of benzene rings is 1. The number of aromatic amines is 1. The summed E-state index contributed by atoms with van der Waals surface area (Å²) in [6, 6.07) is 12.1. The second kappa shape index (κ2) is 8.70. The van der Waals surface area contributed by atoms with Gasteiger partial charge in [0.2, 0.25) is 0 Å². The van der Waals surface area contributed by atoms with Crippen LogP contribution in [0.4, 0.5) is 5.82 Å². The van der Waals surface area contributed by atoms with Crippen molar-refractivity contribution in [2.24, 2.45) is 5.92 Å². The second-order valence-electron chi connectivity index (χ2n) is 9.65. The van der Waals surface area contributed by atoms with Gasteiger partial charge in [-0.15, -0.1) is 0 Å². The van der Waals surface area contributed by atoms with Crippen LogP contribution in [-0.4, -0.2) is 70.2 Å². The highest BCUT2D eigenvalue weighted by molar-refractivity contribution is 7.86. The van der Waals surface area contributed by atoms with Crippen LogP contribution in [0.15, 0.2) is 48.9 Å². The average Bonchev–Trinajstić information content (AvgIpc) is 3.37. The van der Waals surface area contributed by atoms with Crippen molar-refractivity contribution in [1.29, 1.82) is 0 Å². The van der Waals surface area contributed by atoms with E-state index in [1.54, 1.807) is 14.9 Å². The molecule has 1 aliphatic heterocycles. The first kappa shape index (κ1) is 22.3. The van der Waals surface area contributed by atoms with Gasteiger partial charge in [0.05, 0.1) is 10.9 Å². The molecule has 2 aromatic heterocycles. The van der Waals surface area contributed by atoms with Crippen LogP contribution in [0.2, 0.25) is 0 Å². The number of aromatic nitrogens is 3. The molecule has 0 atom stereocenters. The van der Waals surface area contributed by atoms with Gasteiger partial charge in [0.15, 0.2) is 0 Å². The van der Waals surface area contributed by atoms with Gasteiger partial charge >= 0.3 is 0 Å². The maximum absolute atomic E-state index is 13.9. The molecule has 9 heteroatoms. The number of H-pyrrole nitrogens is 1. The lowest BCUT2D eigenvalue weighted by Gasteiger charge is -2.43. The minimum absolute atomic E-state index is 0.259. The number of hydrogen-bond acceptors (Lipinski definition) is 5. The van der Waals surface area contributed by atoms with Crippen molar-refractivity contribution < 1.29 is 8.42 Å². The molecule has 5 rings (SSSR count). The third-order valence-electron chi connectivity index (χ3n) is 6.71. The number of piperazine rings is 1. The predicted octanol–water partition coefficient (Wildman–Crippen LogP) is 3.06. The molecule has 1 saturated heterocycles. The second-order valence-corrected chi connectivity index (χ2v) is 11.5. The zero-order valence-electron chi connectivity index (χ0n) is 19.3. The maximum atomic E-state index is 13.9. The summed E-state index contributed by atoms with van der Waals surface area (Å²) in [5.41, 5.74) is 1.63. The average molecular weight is 469 g/mol. The molecule has 3 heterocycles. The van der Waals surface area contributed by atoms with Gasteiger partial charge in [-0.3, -0.25) is 0 Å². The highest BCUT2D eigenvalue weighted by Gasteiger charge is 2.57. The van der Waals surface area contributed by atoms with Crippen molar-refractivity contribution in [2.75, 3.05) is 37.6 Å². The molecule has 2 fully saturated rings. The van der Waals surface area contributed by atoms with Crippen LogP contribution >= 0.6 is 0 Å². The Hall–Kier alpha value is -2.49. The van der Waals surface area contributed by atoms with Crippen LogP contribution < -0.4 is 4.90 Å². The van der Waals surface area contributed by atoms with Crippen molar-refractivity contribution in [2.45, 2.75) is 38.6 Å². The number of rotatable bonds is 8. The maximum Gasteiger partial charge on any atom is 0.282 e. The lowest BCUT2D eigenvalue weighted by molar-refractivity contribution is 0.239. The third kappa shape index (κ3) is 4.37. The van der Waals surface area contributed by atoms with E-state index in [0.717, 1.165) is 35.3 Å². The Balaban J connectivity index is 1.36. The fourth-order valence-electron chi connectivity index (χ4n) is 4.91. The first-order valence-electron chi connectivity index (χ1n) is 11.7. The zero-order chi connectivity index (χ0) is 23.1. The Labute approximate surface area is 195 Å². The Morgan fingerprint density at radius 1 is 1.12 bits per heavy atom. The Morgan fingerprint density at radius 3 is 2.64 bits per heavy atom. The van der Waals surface area contributed by atoms with Crippen LogP contribution in [0.5, 0.6) is 0 Å². The molecular weight excluding hydrogens is 436 g/mol. The van der Waals surface area contributed by atoms with Gasteiger partial charge in [0.25, 0.3) is 10.2 Å². The van der Waals surface area contributed by atoms with Crippen LogP contribution in [0, 0.1) is 5.92 Å². The summed E-state index contributed by atoms with van der Waals surface area (Å²) in [6.45, 7) is 6.93. The van der Waals surface area contributed by atoms with Gasteiger partial charge in [-0.25, -0.2) is 9.97 Å². The number of nitrogens with zero attached hydrogens (tertiary/aromatic N) is 5. The molecule has 1 saturated carbocycles. The molecule has 1 spiro atoms. The first-order chi connectivity index (χ1) is 15.9. The SMILES string of the molecule is CC(C)CN(CCc1ccccc1)S(=O)(=O)N1CCN(c2ncnc3[nH]ccc23)CC12CC2. The van der Waals surface area contributed by atoms with E-state index in [0.29, 0.717) is 39.1 Å². The highest BCUT2D eigenvalue weighted by Crippen LogP contribution is 2.47. The molecule has 33 heavy (non-hydrogen) atoms. The van der Waals surface area contributed by atoms with Gasteiger partial charge < -0.3 is 9.88 Å². The summed E-state index contributed by atoms with van der Waals surface area (Å²) >= 11 is 0. The predicted molar refractivity (Wildman–Crippen MR) is 130 cm³/mol. The van der Waals surface area contributed by atoms with Crippen LogP contribution in [0.3, 0.4) is 0 Å². The Kier molecular flexibility index (Phi) is 5.88. The quantitative estimate of drug-likeness (QED) is 0.549. The zero-order valence-corrected chi connectivity index (χ0v) is 20.1. The largest absolute Gasteiger partial charge is 0.353 e. The molecule has 1 aliphatic carbocycles. The normalized spacial score (nSPS) is 18.6. The molecular formula is C24H32N6O2S. The minimum atomic E-state index is -3.57. The smallest absolute Gasteiger partial charge is 0.282 e. The molecule has 8 nitrogen and oxygen atoms in total. The molecule has 3 aromatic rings. The summed E-state index contributed by atoms with van der Waals surface area (Å²) in [5, 5.41) is 0.980. The standard InChI is InChI=1S/C24H32N6O2S/c1-19(2)16-29(13-9-20-6-4-3-5-7-20)33(31,32)30-15-14-28(17-24(30)10-11-24)23-21-8-12-25-22(21)26-18-27-23/h3-8,12,18-19H,9-11,13-17H2,1-2H3,(H,25,26,27). The summed E-state index contributed by atoms with van der Waals surface area (Å²) < 4.78 is 31.3. The number of hydrogen-bond donors (Lipinski definition) is 1. The molecule has 1 N–H and O–H groups in total. The molecule has 0 unspecified atom stereocenters. The first-order valence-corrected chi connectivity index (χ1v) is 13.1. The van der Waals surface area contributed by atoms with Crippen molar-refractivity contribution in [1.82, 2.24) is 23.6 Å². The lowest BCUT2D eigenvalue weighted by atomic mass is 10.1. The fraction of sp³-hybridized carbons (Fsp3) is 0.500. The molecule has 0 amide bonds. The molecule has 0 radical (unpaired) electrons. The summed E-state index contributed by atoms with van der Waals surface area (Å²) in [7, 11) is -3.57. The Morgan fingerprint density at radius 2 is 1.91 bits per heavy atom. The highest BCUT2D eigenvalue weighted by atomic mass is 32.2. The van der Waals surface area contributed by atoms with E-state index in [-0.39, 0.29) is 11.5 Å². The van der Waals surface area contributed by atoms with E-state index in [9.17, 15) is 8.42 Å². The van der Waals surface area contributed by atoms with Crippen LogP contribution in [-0.2, 0) is 16.6 Å². The van der Waals surface area contributed by atoms with E-state index in [1.165, 1.54) is 0 Å². The number of nitrogens with one attached hydrogen (secondary N) is 1. The molecule has 0 bridgehead atoms. The summed E-state index contributed by atoms with van der Waals surface area (Å²) in [6.07, 6.45) is 5.93. The number of fused-ring (bicyclic) bond motifs is 1. The number of anilines is 1. The van der Waals surface area contributed by atoms with Crippen molar-refractivity contribution >= 4 is 27.1 Å². The van der Waals surface area contributed by atoms with Gasteiger partial charge in [-0.05, 0) is 36.8 Å². The fourth-order valence-corrected chi connectivity index (χ4v) is 7.04. The molecule has 1 aromatic carbocycles. The monoisotopic (exact) mass is 468 g/mol. The minimum Gasteiger partial charge on any atom is -0.353 e. The van der Waals surface area contributed by atoms with E-state index >= 15 is 0 Å². The summed E-state index contributed by atoms with van der Waals surface area (Å²) in [4.78, 5) is 14.2. The van der Waals surface area contributed by atoms with Crippen LogP contribution in [0.1, 0.15) is 32.3 Å². The topological polar surface area (TPSA) is 85.4 Å². The van der Waals surface area contributed by atoms with Crippen molar-refractivity contribution in [3.05, 3.63) is 54.5 Å². The summed E-state index contributed by atoms with van der Waals surface area (Å²) in [5.74, 6) is 1.14. The van der Waals surface area contributed by atoms with E-state index in [2.05, 4.69) is 45.8 Å². The van der Waals surface area contributed by atoms with E-state index in [4.69, 9.17) is 0 Å². The van der Waals surface area contributed by atoms with Crippen molar-refractivity contribution in [3.63, 3.8) is 0 Å². The van der Waals surface area contributed by atoms with Gasteiger partial charge in [-0.1, -0.05) is 44.2 Å². The van der Waals surface area contributed by atoms with Gasteiger partial charge in [-0.2, -0.15) is 17.0 Å². The van der Waals surface area contributed by atoms with Gasteiger partial charge in [0, 0.05) is 38.9 Å².